The van der Waals surface area contributed by atoms with Crippen molar-refractivity contribution >= 4 is 5.91 Å². The predicted molar refractivity (Wildman–Crippen MR) is 66.7 cm³/mol. The molecule has 0 radical (unpaired) electrons. The Bertz CT molecular complexity index is 419. The Labute approximate surface area is 110 Å². The summed E-state index contributed by atoms with van der Waals surface area (Å²) in [5.41, 5.74) is -0.367. The zero-order chi connectivity index (χ0) is 14.3. The molecule has 0 unspecified atom stereocenters. The van der Waals surface area contributed by atoms with Gasteiger partial charge in [0.25, 0.3) is 0 Å². The van der Waals surface area contributed by atoms with Crippen LogP contribution in [0.5, 0.6) is 0 Å². The molecule has 0 aliphatic heterocycles. The van der Waals surface area contributed by atoms with Crippen molar-refractivity contribution in [2.75, 3.05) is 20.1 Å². The highest BCUT2D eigenvalue weighted by Crippen LogP contribution is 2.29. The first-order valence-electron chi connectivity index (χ1n) is 6.01. The van der Waals surface area contributed by atoms with Gasteiger partial charge in [0, 0.05) is 6.54 Å². The number of benzene rings is 1. The van der Waals surface area contributed by atoms with Gasteiger partial charge < -0.3 is 10.6 Å². The zero-order valence-electron chi connectivity index (χ0n) is 10.7. The third-order valence-corrected chi connectivity index (χ3v) is 2.54. The van der Waals surface area contributed by atoms with Crippen LogP contribution in [-0.4, -0.2) is 26.0 Å². The molecule has 0 heterocycles. The quantitative estimate of drug-likeness (QED) is 0.779. The molecule has 0 spiro atoms. The van der Waals surface area contributed by atoms with Crippen molar-refractivity contribution in [2.45, 2.75) is 19.0 Å². The molecule has 0 saturated heterocycles. The van der Waals surface area contributed by atoms with Crippen molar-refractivity contribution in [1.29, 1.82) is 0 Å². The van der Waals surface area contributed by atoms with Crippen LogP contribution in [0.2, 0.25) is 0 Å². The van der Waals surface area contributed by atoms with Gasteiger partial charge in [-0.3, -0.25) is 4.79 Å². The van der Waals surface area contributed by atoms with Crippen molar-refractivity contribution < 1.29 is 18.0 Å². The summed E-state index contributed by atoms with van der Waals surface area (Å²) >= 11 is 0. The number of halogens is 3. The molecular formula is C13H17F3N2O. The molecule has 3 nitrogen and oxygen atoms in total. The smallest absolute Gasteiger partial charge is 0.356 e. The van der Waals surface area contributed by atoms with Crippen LogP contribution >= 0.6 is 0 Å². The van der Waals surface area contributed by atoms with Crippen molar-refractivity contribution in [3.8, 4) is 0 Å². The van der Waals surface area contributed by atoms with E-state index in [0.717, 1.165) is 25.1 Å². The molecule has 1 aromatic carbocycles. The Morgan fingerprint density at radius 3 is 2.63 bits per heavy atom. The normalized spacial score (nSPS) is 11.4. The number of alkyl halides is 3. The van der Waals surface area contributed by atoms with Crippen LogP contribution in [0.15, 0.2) is 24.3 Å². The average Bonchev–Trinajstić information content (AvgIpc) is 2.34. The van der Waals surface area contributed by atoms with E-state index in [1.54, 1.807) is 0 Å². The molecule has 19 heavy (non-hydrogen) atoms. The topological polar surface area (TPSA) is 41.1 Å². The van der Waals surface area contributed by atoms with Crippen molar-refractivity contribution in [3.63, 3.8) is 0 Å². The second-order valence-corrected chi connectivity index (χ2v) is 4.18. The van der Waals surface area contributed by atoms with Crippen LogP contribution in [-0.2, 0) is 17.4 Å². The van der Waals surface area contributed by atoms with Crippen molar-refractivity contribution in [3.05, 3.63) is 35.4 Å². The number of amides is 1. The van der Waals surface area contributed by atoms with Crippen LogP contribution < -0.4 is 10.6 Å². The van der Waals surface area contributed by atoms with E-state index in [-0.39, 0.29) is 12.3 Å². The largest absolute Gasteiger partial charge is 0.416 e. The molecule has 1 rings (SSSR count). The average molecular weight is 274 g/mol. The fourth-order valence-corrected chi connectivity index (χ4v) is 1.60. The Morgan fingerprint density at radius 2 is 2.00 bits per heavy atom. The fourth-order valence-electron chi connectivity index (χ4n) is 1.60. The molecule has 0 bridgehead atoms. The summed E-state index contributed by atoms with van der Waals surface area (Å²) in [6.45, 7) is 1.29. The molecule has 0 fully saturated rings. The van der Waals surface area contributed by atoms with Gasteiger partial charge in [-0.1, -0.05) is 18.2 Å². The third-order valence-electron chi connectivity index (χ3n) is 2.54. The van der Waals surface area contributed by atoms with E-state index in [2.05, 4.69) is 10.6 Å². The summed E-state index contributed by atoms with van der Waals surface area (Å²) in [7, 11) is 1.81. The number of rotatable bonds is 6. The molecule has 1 amide bonds. The second-order valence-electron chi connectivity index (χ2n) is 4.18. The van der Waals surface area contributed by atoms with Crippen LogP contribution in [0.3, 0.4) is 0 Å². The first-order valence-corrected chi connectivity index (χ1v) is 6.01. The Balaban J connectivity index is 2.50. The maximum atomic E-state index is 12.5. The lowest BCUT2D eigenvalue weighted by molar-refractivity contribution is -0.137. The molecule has 0 aromatic heterocycles. The number of carbonyl (C=O) groups is 1. The van der Waals surface area contributed by atoms with E-state index in [0.29, 0.717) is 12.1 Å². The highest BCUT2D eigenvalue weighted by Gasteiger charge is 2.30. The standard InChI is InChI=1S/C13H17F3N2O/c1-17-6-3-7-18-12(19)9-10-4-2-5-11(8-10)13(14,15)16/h2,4-5,8,17H,3,6-7,9H2,1H3,(H,18,19). The van der Waals surface area contributed by atoms with Gasteiger partial charge in [0.05, 0.1) is 12.0 Å². The number of carbonyl (C=O) groups excluding carboxylic acids is 1. The maximum Gasteiger partial charge on any atom is 0.416 e. The van der Waals surface area contributed by atoms with Gasteiger partial charge >= 0.3 is 6.18 Å². The van der Waals surface area contributed by atoms with E-state index in [4.69, 9.17) is 0 Å². The Kier molecular flexibility index (Phi) is 5.82. The molecule has 6 heteroatoms. The fraction of sp³-hybridized carbons (Fsp3) is 0.462. The molecule has 2 N–H and O–H groups in total. The van der Waals surface area contributed by atoms with E-state index in [1.807, 2.05) is 7.05 Å². The molecule has 0 aliphatic carbocycles. The first-order chi connectivity index (χ1) is 8.93. The lowest BCUT2D eigenvalue weighted by Crippen LogP contribution is -2.28. The first kappa shape index (κ1) is 15.5. The van der Waals surface area contributed by atoms with Crippen LogP contribution in [0, 0.1) is 0 Å². The van der Waals surface area contributed by atoms with Crippen molar-refractivity contribution in [2.24, 2.45) is 0 Å². The van der Waals surface area contributed by atoms with Gasteiger partial charge in [-0.2, -0.15) is 13.2 Å². The minimum Gasteiger partial charge on any atom is -0.356 e. The lowest BCUT2D eigenvalue weighted by atomic mass is 10.1. The van der Waals surface area contributed by atoms with Crippen LogP contribution in [0.1, 0.15) is 17.5 Å². The highest BCUT2D eigenvalue weighted by atomic mass is 19.4. The summed E-state index contributed by atoms with van der Waals surface area (Å²) < 4.78 is 37.5. The summed E-state index contributed by atoms with van der Waals surface area (Å²) in [4.78, 5) is 11.5. The van der Waals surface area contributed by atoms with Gasteiger partial charge in [0.1, 0.15) is 0 Å². The molecule has 0 aliphatic rings. The lowest BCUT2D eigenvalue weighted by Gasteiger charge is -2.09. The third kappa shape index (κ3) is 5.74. The SMILES string of the molecule is CNCCCNC(=O)Cc1cccc(C(F)(F)F)c1. The summed E-state index contributed by atoms with van der Waals surface area (Å²) in [5.74, 6) is -0.268. The molecular weight excluding hydrogens is 257 g/mol. The van der Waals surface area contributed by atoms with Crippen LogP contribution in [0.25, 0.3) is 0 Å². The minimum absolute atomic E-state index is 0.0382. The van der Waals surface area contributed by atoms with Gasteiger partial charge in [0.2, 0.25) is 5.91 Å². The monoisotopic (exact) mass is 274 g/mol. The Morgan fingerprint density at radius 1 is 1.26 bits per heavy atom. The second kappa shape index (κ2) is 7.13. The zero-order valence-corrected chi connectivity index (χ0v) is 10.7. The van der Waals surface area contributed by atoms with Crippen LogP contribution in [0.4, 0.5) is 13.2 Å². The van der Waals surface area contributed by atoms with E-state index >= 15 is 0 Å². The maximum absolute atomic E-state index is 12.5. The summed E-state index contributed by atoms with van der Waals surface area (Å²) in [5, 5.41) is 5.60. The summed E-state index contributed by atoms with van der Waals surface area (Å²) in [6.07, 6.45) is -3.63. The van der Waals surface area contributed by atoms with Gasteiger partial charge in [-0.25, -0.2) is 0 Å². The highest BCUT2D eigenvalue weighted by molar-refractivity contribution is 5.78. The molecule has 106 valence electrons. The van der Waals surface area contributed by atoms with Crippen molar-refractivity contribution in [1.82, 2.24) is 10.6 Å². The van der Waals surface area contributed by atoms with Gasteiger partial charge in [0.15, 0.2) is 0 Å². The predicted octanol–water partition coefficient (Wildman–Crippen LogP) is 1.97. The molecule has 0 saturated carbocycles. The molecule has 0 atom stereocenters. The Hall–Kier alpha value is -1.56. The summed E-state index contributed by atoms with van der Waals surface area (Å²) in [6, 6.07) is 4.83. The molecule has 1 aromatic rings. The van der Waals surface area contributed by atoms with Gasteiger partial charge in [-0.15, -0.1) is 0 Å². The van der Waals surface area contributed by atoms with E-state index < -0.39 is 11.7 Å². The van der Waals surface area contributed by atoms with E-state index in [1.165, 1.54) is 12.1 Å². The van der Waals surface area contributed by atoms with Gasteiger partial charge in [-0.05, 0) is 31.6 Å². The number of nitrogens with one attached hydrogen (secondary N) is 2. The number of hydrogen-bond acceptors (Lipinski definition) is 2. The van der Waals surface area contributed by atoms with E-state index in [9.17, 15) is 18.0 Å². The minimum atomic E-state index is -4.38. The number of hydrogen-bond donors (Lipinski definition) is 2.